The second-order valence-corrected chi connectivity index (χ2v) is 5.44. The fourth-order valence-corrected chi connectivity index (χ4v) is 2.92. The quantitative estimate of drug-likeness (QED) is 0.852. The van der Waals surface area contributed by atoms with Crippen molar-refractivity contribution >= 4 is 28.3 Å². The molecule has 0 saturated heterocycles. The molecule has 0 aliphatic heterocycles. The number of nitrogens with zero attached hydrogens (tertiary/aromatic N) is 2. The van der Waals surface area contributed by atoms with Crippen molar-refractivity contribution in [2.24, 2.45) is 0 Å². The van der Waals surface area contributed by atoms with E-state index in [1.54, 1.807) is 11.8 Å². The number of anilines is 1. The third-order valence-corrected chi connectivity index (χ3v) is 4.06. The number of hydrogen-bond acceptors (Lipinski definition) is 5. The first-order valence-electron chi connectivity index (χ1n) is 4.93. The molecule has 0 aliphatic rings. The zero-order valence-corrected chi connectivity index (χ0v) is 10.9. The van der Waals surface area contributed by atoms with Gasteiger partial charge in [0.05, 0.1) is 0 Å². The van der Waals surface area contributed by atoms with Crippen LogP contribution in [0.25, 0.3) is 0 Å². The zero-order valence-electron chi connectivity index (χ0n) is 9.23. The number of benzene rings is 1. The summed E-state index contributed by atoms with van der Waals surface area (Å²) >= 11 is 3.00. The molecule has 3 nitrogen and oxygen atoms in total. The minimum absolute atomic E-state index is 0.720. The molecule has 0 saturated carbocycles. The van der Waals surface area contributed by atoms with Gasteiger partial charge in [-0.1, -0.05) is 22.2 Å². The highest BCUT2D eigenvalue weighted by molar-refractivity contribution is 7.98. The summed E-state index contributed by atoms with van der Waals surface area (Å²) in [6.45, 7) is 4.22. The van der Waals surface area contributed by atoms with Gasteiger partial charge in [0.2, 0.25) is 0 Å². The number of thioether (sulfide) groups is 1. The summed E-state index contributed by atoms with van der Waals surface area (Å²) in [6.07, 6.45) is 0. The average Bonchev–Trinajstić information content (AvgIpc) is 2.63. The van der Waals surface area contributed by atoms with E-state index in [0.29, 0.717) is 0 Å². The van der Waals surface area contributed by atoms with Crippen molar-refractivity contribution in [2.75, 3.05) is 5.73 Å². The number of aromatic nitrogens is 2. The minimum atomic E-state index is 0.720. The van der Waals surface area contributed by atoms with Crippen molar-refractivity contribution in [3.05, 3.63) is 35.0 Å². The highest BCUT2D eigenvalue weighted by atomic mass is 32.2. The predicted molar refractivity (Wildman–Crippen MR) is 69.8 cm³/mol. The molecule has 0 fully saturated rings. The molecule has 0 radical (unpaired) electrons. The Kier molecular flexibility index (Phi) is 3.46. The second-order valence-electron chi connectivity index (χ2n) is 3.64. The first-order valence-corrected chi connectivity index (χ1v) is 6.69. The monoisotopic (exact) mass is 251 g/mol. The maximum Gasteiger partial charge on any atom is 0.131 e. The largest absolute Gasteiger partial charge is 0.388 e. The SMILES string of the molecule is Cc1ccc(SCc2nnsc2N)c(C)c1. The standard InChI is InChI=1S/C11H13N3S2/c1-7-3-4-10(8(2)5-7)15-6-9-11(12)16-14-13-9/h3-5H,6,12H2,1-2H3. The van der Waals surface area contributed by atoms with E-state index in [2.05, 4.69) is 41.6 Å². The van der Waals surface area contributed by atoms with Gasteiger partial charge in [-0.2, -0.15) is 0 Å². The first kappa shape index (κ1) is 11.4. The molecule has 2 N–H and O–H groups in total. The van der Waals surface area contributed by atoms with Crippen LogP contribution in [-0.4, -0.2) is 9.59 Å². The molecule has 1 aromatic carbocycles. The lowest BCUT2D eigenvalue weighted by Crippen LogP contribution is -1.89. The average molecular weight is 251 g/mol. The van der Waals surface area contributed by atoms with Gasteiger partial charge < -0.3 is 5.73 Å². The Bertz CT molecular complexity index is 494. The Morgan fingerprint density at radius 2 is 2.19 bits per heavy atom. The molecule has 0 aliphatic carbocycles. The number of hydrogen-bond donors (Lipinski definition) is 1. The van der Waals surface area contributed by atoms with Gasteiger partial charge in [-0.3, -0.25) is 0 Å². The van der Waals surface area contributed by atoms with Gasteiger partial charge in [0.15, 0.2) is 0 Å². The van der Waals surface area contributed by atoms with Crippen LogP contribution < -0.4 is 5.73 Å². The minimum Gasteiger partial charge on any atom is -0.388 e. The zero-order chi connectivity index (χ0) is 11.5. The van der Waals surface area contributed by atoms with Crippen molar-refractivity contribution in [3.8, 4) is 0 Å². The highest BCUT2D eigenvalue weighted by Gasteiger charge is 2.06. The molecule has 5 heteroatoms. The lowest BCUT2D eigenvalue weighted by Gasteiger charge is -2.05. The molecule has 2 rings (SSSR count). The molecular formula is C11H13N3S2. The number of nitrogen functional groups attached to an aromatic ring is 1. The van der Waals surface area contributed by atoms with E-state index in [4.69, 9.17) is 5.73 Å². The lowest BCUT2D eigenvalue weighted by molar-refractivity contribution is 1.08. The Balaban J connectivity index is 2.08. The van der Waals surface area contributed by atoms with Crippen molar-refractivity contribution in [1.82, 2.24) is 9.59 Å². The van der Waals surface area contributed by atoms with Crippen molar-refractivity contribution < 1.29 is 0 Å². The molecule has 2 aromatic rings. The molecule has 0 spiro atoms. The molecule has 0 atom stereocenters. The van der Waals surface area contributed by atoms with E-state index in [9.17, 15) is 0 Å². The van der Waals surface area contributed by atoms with E-state index in [1.807, 2.05) is 0 Å². The van der Waals surface area contributed by atoms with Gasteiger partial charge in [-0.25, -0.2) is 0 Å². The molecule has 1 heterocycles. The lowest BCUT2D eigenvalue weighted by atomic mass is 10.2. The second kappa shape index (κ2) is 4.84. The van der Waals surface area contributed by atoms with Crippen molar-refractivity contribution in [2.45, 2.75) is 24.5 Å². The molecular weight excluding hydrogens is 238 g/mol. The fourth-order valence-electron chi connectivity index (χ4n) is 1.42. The third-order valence-electron chi connectivity index (χ3n) is 2.28. The summed E-state index contributed by atoms with van der Waals surface area (Å²) in [6, 6.07) is 6.45. The number of nitrogens with two attached hydrogens (primary N) is 1. The van der Waals surface area contributed by atoms with Gasteiger partial charge in [-0.15, -0.1) is 16.9 Å². The van der Waals surface area contributed by atoms with Crippen LogP contribution in [0.1, 0.15) is 16.8 Å². The fraction of sp³-hybridized carbons (Fsp3) is 0.273. The summed E-state index contributed by atoms with van der Waals surface area (Å²) in [7, 11) is 0. The Labute approximate surface area is 103 Å². The number of aryl methyl sites for hydroxylation is 2. The Morgan fingerprint density at radius 3 is 2.81 bits per heavy atom. The molecule has 84 valence electrons. The molecule has 1 aromatic heterocycles. The van der Waals surface area contributed by atoms with E-state index in [0.717, 1.165) is 16.4 Å². The Hall–Kier alpha value is -1.07. The normalized spacial score (nSPS) is 10.6. The maximum atomic E-state index is 5.75. The van der Waals surface area contributed by atoms with E-state index in [-0.39, 0.29) is 0 Å². The summed E-state index contributed by atoms with van der Waals surface area (Å²) in [4.78, 5) is 1.28. The summed E-state index contributed by atoms with van der Waals surface area (Å²) < 4.78 is 3.82. The Morgan fingerprint density at radius 1 is 1.38 bits per heavy atom. The van der Waals surface area contributed by atoms with Crippen molar-refractivity contribution in [3.63, 3.8) is 0 Å². The van der Waals surface area contributed by atoms with E-state index < -0.39 is 0 Å². The van der Waals surface area contributed by atoms with Crippen LogP contribution in [0.5, 0.6) is 0 Å². The van der Waals surface area contributed by atoms with Crippen LogP contribution in [0, 0.1) is 13.8 Å². The summed E-state index contributed by atoms with van der Waals surface area (Å²) in [5.74, 6) is 0.784. The number of rotatable bonds is 3. The molecule has 0 bridgehead atoms. The molecule has 0 amide bonds. The third kappa shape index (κ3) is 2.54. The predicted octanol–water partition coefficient (Wildman–Crippen LogP) is 3.03. The van der Waals surface area contributed by atoms with Crippen LogP contribution >= 0.6 is 23.3 Å². The van der Waals surface area contributed by atoms with E-state index >= 15 is 0 Å². The topological polar surface area (TPSA) is 51.8 Å². The first-order chi connectivity index (χ1) is 7.66. The van der Waals surface area contributed by atoms with Crippen molar-refractivity contribution in [1.29, 1.82) is 0 Å². The van der Waals surface area contributed by atoms with Gasteiger partial charge in [0.25, 0.3) is 0 Å². The summed E-state index contributed by atoms with van der Waals surface area (Å²) in [5.41, 5.74) is 9.22. The van der Waals surface area contributed by atoms with Crippen LogP contribution in [0.15, 0.2) is 23.1 Å². The van der Waals surface area contributed by atoms with Gasteiger partial charge in [0, 0.05) is 22.2 Å². The van der Waals surface area contributed by atoms with Gasteiger partial charge in [-0.05, 0) is 25.5 Å². The summed E-state index contributed by atoms with van der Waals surface area (Å²) in [5, 5.41) is 4.72. The van der Waals surface area contributed by atoms with Gasteiger partial charge >= 0.3 is 0 Å². The molecule has 0 unspecified atom stereocenters. The van der Waals surface area contributed by atoms with Crippen LogP contribution in [-0.2, 0) is 5.75 Å². The smallest absolute Gasteiger partial charge is 0.131 e. The molecule has 16 heavy (non-hydrogen) atoms. The van der Waals surface area contributed by atoms with Crippen LogP contribution in [0.3, 0.4) is 0 Å². The van der Waals surface area contributed by atoms with Gasteiger partial charge in [0.1, 0.15) is 10.7 Å². The van der Waals surface area contributed by atoms with Crippen LogP contribution in [0.4, 0.5) is 5.00 Å². The highest BCUT2D eigenvalue weighted by Crippen LogP contribution is 2.28. The van der Waals surface area contributed by atoms with E-state index in [1.165, 1.54) is 27.6 Å². The van der Waals surface area contributed by atoms with Crippen LogP contribution in [0.2, 0.25) is 0 Å². The maximum absolute atomic E-state index is 5.75.